The van der Waals surface area contributed by atoms with Crippen molar-refractivity contribution in [3.05, 3.63) is 58.7 Å². The molecule has 1 aliphatic rings. The van der Waals surface area contributed by atoms with Gasteiger partial charge in [0.1, 0.15) is 18.1 Å². The highest BCUT2D eigenvalue weighted by atomic mass is 16.5. The van der Waals surface area contributed by atoms with Crippen LogP contribution in [0, 0.1) is 6.92 Å². The number of ether oxygens (including phenoxy) is 2. The molecule has 25 heavy (non-hydrogen) atoms. The van der Waals surface area contributed by atoms with Crippen LogP contribution < -0.4 is 9.47 Å². The summed E-state index contributed by atoms with van der Waals surface area (Å²) >= 11 is 0. The molecule has 0 atom stereocenters. The second-order valence-electron chi connectivity index (χ2n) is 6.66. The number of aryl methyl sites for hydroxylation is 2. The van der Waals surface area contributed by atoms with Crippen LogP contribution in [-0.2, 0) is 17.8 Å². The maximum atomic E-state index is 11.8. The monoisotopic (exact) mass is 338 g/mol. The molecule has 0 radical (unpaired) electrons. The van der Waals surface area contributed by atoms with Crippen molar-refractivity contribution in [2.75, 3.05) is 0 Å². The van der Waals surface area contributed by atoms with Gasteiger partial charge in [0, 0.05) is 12.0 Å². The summed E-state index contributed by atoms with van der Waals surface area (Å²) in [5, 5.41) is 0. The van der Waals surface area contributed by atoms with Crippen molar-refractivity contribution in [1.29, 1.82) is 0 Å². The Morgan fingerprint density at radius 3 is 2.60 bits per heavy atom. The Kier molecular flexibility index (Phi) is 5.42. The molecule has 0 saturated heterocycles. The van der Waals surface area contributed by atoms with Crippen molar-refractivity contribution in [2.45, 2.75) is 59.0 Å². The van der Waals surface area contributed by atoms with Crippen molar-refractivity contribution in [1.82, 2.24) is 0 Å². The van der Waals surface area contributed by atoms with Crippen LogP contribution >= 0.6 is 0 Å². The fraction of sp³-hybridized carbons (Fsp3) is 0.409. The van der Waals surface area contributed by atoms with Crippen LogP contribution in [0.25, 0.3) is 0 Å². The largest absolute Gasteiger partial charge is 0.489 e. The van der Waals surface area contributed by atoms with Gasteiger partial charge in [-0.25, -0.2) is 0 Å². The van der Waals surface area contributed by atoms with Gasteiger partial charge in [-0.05, 0) is 67.0 Å². The van der Waals surface area contributed by atoms with E-state index in [0.29, 0.717) is 24.7 Å². The van der Waals surface area contributed by atoms with E-state index in [4.69, 9.17) is 9.47 Å². The number of benzene rings is 2. The molecule has 0 bridgehead atoms. The van der Waals surface area contributed by atoms with E-state index in [1.54, 1.807) is 6.92 Å². The average molecular weight is 338 g/mol. The molecule has 132 valence electrons. The Morgan fingerprint density at radius 1 is 1.16 bits per heavy atom. The Morgan fingerprint density at radius 2 is 1.96 bits per heavy atom. The maximum absolute atomic E-state index is 11.8. The lowest BCUT2D eigenvalue weighted by Crippen LogP contribution is -2.10. The molecule has 0 amide bonds. The number of carbonyl (C=O) groups excluding carboxylic acids is 1. The SMILES string of the molecule is CCC(=O)Oc1cccc(C2CC2)c1COc1ccc(CC)c(C)c1. The molecule has 1 fully saturated rings. The fourth-order valence-electron chi connectivity index (χ4n) is 3.11. The molecule has 3 heteroatoms. The minimum atomic E-state index is -0.211. The van der Waals surface area contributed by atoms with Crippen molar-refractivity contribution in [3.63, 3.8) is 0 Å². The van der Waals surface area contributed by atoms with Crippen LogP contribution in [0.4, 0.5) is 0 Å². The van der Waals surface area contributed by atoms with E-state index < -0.39 is 0 Å². The quantitative estimate of drug-likeness (QED) is 0.506. The first-order valence-corrected chi connectivity index (χ1v) is 9.17. The molecule has 2 aromatic rings. The molecule has 0 spiro atoms. The summed E-state index contributed by atoms with van der Waals surface area (Å²) in [6.45, 7) is 6.49. The van der Waals surface area contributed by atoms with Gasteiger partial charge in [-0.1, -0.05) is 32.0 Å². The predicted octanol–water partition coefficient (Wildman–Crippen LogP) is 5.33. The zero-order chi connectivity index (χ0) is 17.8. The van der Waals surface area contributed by atoms with E-state index in [2.05, 4.69) is 32.0 Å². The third-order valence-electron chi connectivity index (χ3n) is 4.78. The van der Waals surface area contributed by atoms with Crippen LogP contribution in [0.2, 0.25) is 0 Å². The Balaban J connectivity index is 1.82. The van der Waals surface area contributed by atoms with Gasteiger partial charge >= 0.3 is 5.97 Å². The van der Waals surface area contributed by atoms with Crippen LogP contribution in [0.15, 0.2) is 36.4 Å². The van der Waals surface area contributed by atoms with Crippen LogP contribution in [0.3, 0.4) is 0 Å². The normalized spacial score (nSPS) is 13.6. The lowest BCUT2D eigenvalue weighted by molar-refractivity contribution is -0.134. The minimum Gasteiger partial charge on any atom is -0.489 e. The van der Waals surface area contributed by atoms with Crippen LogP contribution in [0.1, 0.15) is 61.3 Å². The van der Waals surface area contributed by atoms with Crippen molar-refractivity contribution < 1.29 is 14.3 Å². The number of rotatable bonds is 7. The molecule has 0 heterocycles. The summed E-state index contributed by atoms with van der Waals surface area (Å²) in [5.74, 6) is 1.85. The Bertz CT molecular complexity index is 760. The maximum Gasteiger partial charge on any atom is 0.310 e. The number of hydrogen-bond donors (Lipinski definition) is 0. The predicted molar refractivity (Wildman–Crippen MR) is 99.2 cm³/mol. The molecule has 0 aromatic heterocycles. The van der Waals surface area contributed by atoms with Gasteiger partial charge in [-0.2, -0.15) is 0 Å². The number of carbonyl (C=O) groups is 1. The number of esters is 1. The minimum absolute atomic E-state index is 0.211. The molecule has 1 aliphatic carbocycles. The van der Waals surface area contributed by atoms with Gasteiger partial charge in [0.05, 0.1) is 0 Å². The summed E-state index contributed by atoms with van der Waals surface area (Å²) in [6.07, 6.45) is 3.78. The molecular formula is C22H26O3. The van der Waals surface area contributed by atoms with E-state index >= 15 is 0 Å². The zero-order valence-electron chi connectivity index (χ0n) is 15.3. The highest BCUT2D eigenvalue weighted by Gasteiger charge is 2.28. The van der Waals surface area contributed by atoms with Crippen molar-refractivity contribution in [3.8, 4) is 11.5 Å². The first-order chi connectivity index (χ1) is 12.1. The lowest BCUT2D eigenvalue weighted by Gasteiger charge is -2.16. The molecule has 3 nitrogen and oxygen atoms in total. The fourth-order valence-corrected chi connectivity index (χ4v) is 3.11. The molecule has 3 rings (SSSR count). The van der Waals surface area contributed by atoms with Gasteiger partial charge in [0.2, 0.25) is 0 Å². The van der Waals surface area contributed by atoms with Gasteiger partial charge in [-0.3, -0.25) is 4.79 Å². The third-order valence-corrected chi connectivity index (χ3v) is 4.78. The van der Waals surface area contributed by atoms with E-state index in [1.807, 2.05) is 18.2 Å². The first kappa shape index (κ1) is 17.5. The summed E-state index contributed by atoms with van der Waals surface area (Å²) in [4.78, 5) is 11.8. The summed E-state index contributed by atoms with van der Waals surface area (Å²) in [7, 11) is 0. The Labute approximate surface area is 150 Å². The highest BCUT2D eigenvalue weighted by molar-refractivity contribution is 5.72. The summed E-state index contributed by atoms with van der Waals surface area (Å²) in [5.41, 5.74) is 4.84. The van der Waals surface area contributed by atoms with E-state index in [9.17, 15) is 4.79 Å². The van der Waals surface area contributed by atoms with Crippen LogP contribution in [0.5, 0.6) is 11.5 Å². The molecule has 2 aromatic carbocycles. The van der Waals surface area contributed by atoms with Crippen molar-refractivity contribution in [2.24, 2.45) is 0 Å². The Hall–Kier alpha value is -2.29. The topological polar surface area (TPSA) is 35.5 Å². The van der Waals surface area contributed by atoms with E-state index in [-0.39, 0.29) is 5.97 Å². The molecule has 0 unspecified atom stereocenters. The molecule has 0 aliphatic heterocycles. The molecule has 1 saturated carbocycles. The average Bonchev–Trinajstić information content (AvgIpc) is 3.45. The second kappa shape index (κ2) is 7.73. The summed E-state index contributed by atoms with van der Waals surface area (Å²) in [6, 6.07) is 12.2. The van der Waals surface area contributed by atoms with Gasteiger partial charge in [-0.15, -0.1) is 0 Å². The van der Waals surface area contributed by atoms with Gasteiger partial charge in [0.25, 0.3) is 0 Å². The van der Waals surface area contributed by atoms with Crippen LogP contribution in [-0.4, -0.2) is 5.97 Å². The standard InChI is InChI=1S/C22H26O3/c1-4-16-11-12-18(13-15(16)3)24-14-20-19(17-9-10-17)7-6-8-21(20)25-22(23)5-2/h6-8,11-13,17H,4-5,9-10,14H2,1-3H3. The van der Waals surface area contributed by atoms with Crippen molar-refractivity contribution >= 4 is 5.97 Å². The molecule has 0 N–H and O–H groups in total. The van der Waals surface area contributed by atoms with E-state index in [1.165, 1.54) is 29.5 Å². The van der Waals surface area contributed by atoms with Gasteiger partial charge < -0.3 is 9.47 Å². The molecular weight excluding hydrogens is 312 g/mol. The third kappa shape index (κ3) is 4.22. The second-order valence-corrected chi connectivity index (χ2v) is 6.66. The first-order valence-electron chi connectivity index (χ1n) is 9.17. The smallest absolute Gasteiger partial charge is 0.310 e. The zero-order valence-corrected chi connectivity index (χ0v) is 15.3. The lowest BCUT2D eigenvalue weighted by atomic mass is 10.0. The number of hydrogen-bond acceptors (Lipinski definition) is 3. The summed E-state index contributed by atoms with van der Waals surface area (Å²) < 4.78 is 11.6. The highest BCUT2D eigenvalue weighted by Crippen LogP contribution is 2.44. The van der Waals surface area contributed by atoms with Gasteiger partial charge in [0.15, 0.2) is 0 Å². The van der Waals surface area contributed by atoms with E-state index in [0.717, 1.165) is 17.7 Å².